The Bertz CT molecular complexity index is 621. The lowest BCUT2D eigenvalue weighted by Crippen LogP contribution is -2.43. The lowest BCUT2D eigenvalue weighted by molar-refractivity contribution is -0.132. The molecule has 0 spiro atoms. The Morgan fingerprint density at radius 2 is 1.83 bits per heavy atom. The first-order valence-electron chi connectivity index (χ1n) is 8.87. The third kappa shape index (κ3) is 3.74. The first kappa shape index (κ1) is 16.9. The van der Waals surface area contributed by atoms with Crippen LogP contribution in [0, 0.1) is 19.8 Å². The quantitative estimate of drug-likeness (QED) is 0.925. The second kappa shape index (κ2) is 6.87. The molecule has 2 aliphatic rings. The van der Waals surface area contributed by atoms with Crippen LogP contribution in [0.3, 0.4) is 0 Å². The molecule has 1 N–H and O–H groups in total. The van der Waals surface area contributed by atoms with Gasteiger partial charge in [-0.3, -0.25) is 4.79 Å². The molecule has 0 bridgehead atoms. The monoisotopic (exact) mass is 333 g/mol. The van der Waals surface area contributed by atoms with Crippen molar-refractivity contribution in [3.63, 3.8) is 0 Å². The van der Waals surface area contributed by atoms with Crippen molar-refractivity contribution in [1.29, 1.82) is 0 Å². The number of nitrogens with one attached hydrogen (secondary N) is 1. The van der Waals surface area contributed by atoms with Crippen molar-refractivity contribution in [2.45, 2.75) is 46.1 Å². The van der Waals surface area contributed by atoms with Crippen LogP contribution >= 0.6 is 0 Å². The van der Waals surface area contributed by atoms with Crippen molar-refractivity contribution in [1.82, 2.24) is 15.1 Å². The molecule has 1 saturated heterocycles. The Balaban J connectivity index is 1.55. The summed E-state index contributed by atoms with van der Waals surface area (Å²) in [5.41, 5.74) is 1.02. The molecule has 132 valence electrons. The Kier molecular flexibility index (Phi) is 4.83. The Morgan fingerprint density at radius 3 is 2.46 bits per heavy atom. The molecule has 6 nitrogen and oxygen atoms in total. The standard InChI is InChI=1S/C18H27N3O3/c1-12-11-16(14(3)24-12)13(2)19-18(23)21-8-4-7-20(9-10-21)17(22)15-5-6-15/h11,13,15H,4-10H2,1-3H3,(H,19,23). The number of hydrogen-bond donors (Lipinski definition) is 1. The van der Waals surface area contributed by atoms with Crippen LogP contribution in [0.5, 0.6) is 0 Å². The third-order valence-corrected chi connectivity index (χ3v) is 4.91. The predicted octanol–water partition coefficient (Wildman–Crippen LogP) is 2.61. The topological polar surface area (TPSA) is 65.8 Å². The molecule has 1 aliphatic heterocycles. The van der Waals surface area contributed by atoms with Crippen LogP contribution in [0.2, 0.25) is 0 Å². The highest BCUT2D eigenvalue weighted by molar-refractivity contribution is 5.81. The summed E-state index contributed by atoms with van der Waals surface area (Å²) >= 11 is 0. The van der Waals surface area contributed by atoms with Gasteiger partial charge in [0.05, 0.1) is 6.04 Å². The number of carbonyl (C=O) groups excluding carboxylic acids is 2. The largest absolute Gasteiger partial charge is 0.466 e. The highest BCUT2D eigenvalue weighted by atomic mass is 16.3. The maximum Gasteiger partial charge on any atom is 0.317 e. The molecule has 2 fully saturated rings. The normalized spacial score (nSPS) is 19.8. The van der Waals surface area contributed by atoms with E-state index in [0.717, 1.165) is 42.9 Å². The summed E-state index contributed by atoms with van der Waals surface area (Å²) < 4.78 is 5.54. The number of urea groups is 1. The zero-order valence-corrected chi connectivity index (χ0v) is 14.8. The van der Waals surface area contributed by atoms with E-state index in [0.29, 0.717) is 19.6 Å². The zero-order chi connectivity index (χ0) is 17.3. The van der Waals surface area contributed by atoms with Crippen LogP contribution in [-0.4, -0.2) is 47.9 Å². The van der Waals surface area contributed by atoms with E-state index in [-0.39, 0.29) is 23.9 Å². The number of aryl methyl sites for hydroxylation is 2. The second-order valence-corrected chi connectivity index (χ2v) is 6.98. The minimum atomic E-state index is -0.0950. The van der Waals surface area contributed by atoms with Gasteiger partial charge in [-0.1, -0.05) is 0 Å². The molecule has 1 aromatic rings. The molecule has 0 aromatic carbocycles. The van der Waals surface area contributed by atoms with E-state index < -0.39 is 0 Å². The van der Waals surface area contributed by atoms with Gasteiger partial charge < -0.3 is 19.5 Å². The van der Waals surface area contributed by atoms with Gasteiger partial charge in [-0.25, -0.2) is 4.79 Å². The minimum Gasteiger partial charge on any atom is -0.466 e. The van der Waals surface area contributed by atoms with Crippen molar-refractivity contribution < 1.29 is 14.0 Å². The Morgan fingerprint density at radius 1 is 1.17 bits per heavy atom. The fourth-order valence-electron chi connectivity index (χ4n) is 3.36. The number of amides is 3. The molecular formula is C18H27N3O3. The molecule has 3 rings (SSSR count). The van der Waals surface area contributed by atoms with Gasteiger partial charge in [-0.2, -0.15) is 0 Å². The molecule has 6 heteroatoms. The smallest absolute Gasteiger partial charge is 0.317 e. The van der Waals surface area contributed by atoms with Crippen LogP contribution in [0.1, 0.15) is 49.3 Å². The van der Waals surface area contributed by atoms with Crippen LogP contribution in [0.4, 0.5) is 4.79 Å². The number of hydrogen-bond acceptors (Lipinski definition) is 3. The van der Waals surface area contributed by atoms with E-state index in [9.17, 15) is 9.59 Å². The van der Waals surface area contributed by atoms with Gasteiger partial charge in [-0.15, -0.1) is 0 Å². The SMILES string of the molecule is Cc1cc(C(C)NC(=O)N2CCCN(C(=O)C3CC3)CC2)c(C)o1. The summed E-state index contributed by atoms with van der Waals surface area (Å²) in [6, 6.07) is 1.81. The van der Waals surface area contributed by atoms with Crippen molar-refractivity contribution in [3.05, 3.63) is 23.2 Å². The zero-order valence-electron chi connectivity index (χ0n) is 14.8. The molecule has 2 heterocycles. The van der Waals surface area contributed by atoms with Crippen LogP contribution in [-0.2, 0) is 4.79 Å². The van der Waals surface area contributed by atoms with E-state index >= 15 is 0 Å². The van der Waals surface area contributed by atoms with Crippen LogP contribution in [0.25, 0.3) is 0 Å². The minimum absolute atomic E-state index is 0.0681. The summed E-state index contributed by atoms with van der Waals surface area (Å²) in [6.45, 7) is 8.48. The van der Waals surface area contributed by atoms with E-state index in [4.69, 9.17) is 4.42 Å². The molecule has 1 atom stereocenters. The molecule has 0 radical (unpaired) electrons. The third-order valence-electron chi connectivity index (χ3n) is 4.91. The maximum atomic E-state index is 12.6. The van der Waals surface area contributed by atoms with Gasteiger partial charge in [0.25, 0.3) is 0 Å². The van der Waals surface area contributed by atoms with Gasteiger partial charge in [0, 0.05) is 37.7 Å². The number of furan rings is 1. The highest BCUT2D eigenvalue weighted by Gasteiger charge is 2.34. The van der Waals surface area contributed by atoms with Gasteiger partial charge >= 0.3 is 6.03 Å². The van der Waals surface area contributed by atoms with Gasteiger partial charge in [0.2, 0.25) is 5.91 Å². The number of nitrogens with zero attached hydrogens (tertiary/aromatic N) is 2. The molecule has 1 saturated carbocycles. The molecule has 1 aliphatic carbocycles. The van der Waals surface area contributed by atoms with Crippen LogP contribution in [0.15, 0.2) is 10.5 Å². The molecule has 3 amide bonds. The molecular weight excluding hydrogens is 306 g/mol. The van der Waals surface area contributed by atoms with Crippen molar-refractivity contribution in [3.8, 4) is 0 Å². The summed E-state index contributed by atoms with van der Waals surface area (Å²) in [7, 11) is 0. The van der Waals surface area contributed by atoms with Gasteiger partial charge in [0.15, 0.2) is 0 Å². The lowest BCUT2D eigenvalue weighted by Gasteiger charge is -2.24. The van der Waals surface area contributed by atoms with E-state index in [2.05, 4.69) is 5.32 Å². The van der Waals surface area contributed by atoms with Gasteiger partial charge in [-0.05, 0) is 46.1 Å². The lowest BCUT2D eigenvalue weighted by atomic mass is 10.1. The first-order chi connectivity index (χ1) is 11.5. The van der Waals surface area contributed by atoms with E-state index in [1.165, 1.54) is 0 Å². The predicted molar refractivity (Wildman–Crippen MR) is 90.6 cm³/mol. The molecule has 1 unspecified atom stereocenters. The fraction of sp³-hybridized carbons (Fsp3) is 0.667. The Labute approximate surface area is 143 Å². The fourth-order valence-corrected chi connectivity index (χ4v) is 3.36. The summed E-state index contributed by atoms with van der Waals surface area (Å²) in [4.78, 5) is 28.5. The summed E-state index contributed by atoms with van der Waals surface area (Å²) in [5, 5.41) is 3.05. The highest BCUT2D eigenvalue weighted by Crippen LogP contribution is 2.31. The Hall–Kier alpha value is -1.98. The molecule has 1 aromatic heterocycles. The second-order valence-electron chi connectivity index (χ2n) is 6.98. The van der Waals surface area contributed by atoms with Crippen molar-refractivity contribution >= 4 is 11.9 Å². The average Bonchev–Trinajstić information content (AvgIpc) is 3.34. The van der Waals surface area contributed by atoms with Gasteiger partial charge in [0.1, 0.15) is 11.5 Å². The summed E-state index contributed by atoms with van der Waals surface area (Å²) in [5.74, 6) is 2.22. The summed E-state index contributed by atoms with van der Waals surface area (Å²) in [6.07, 6.45) is 2.89. The first-order valence-corrected chi connectivity index (χ1v) is 8.87. The average molecular weight is 333 g/mol. The number of carbonyl (C=O) groups is 2. The van der Waals surface area contributed by atoms with E-state index in [1.54, 1.807) is 0 Å². The van der Waals surface area contributed by atoms with Crippen LogP contribution < -0.4 is 5.32 Å². The van der Waals surface area contributed by atoms with E-state index in [1.807, 2.05) is 36.6 Å². The van der Waals surface area contributed by atoms with Crippen molar-refractivity contribution in [2.24, 2.45) is 5.92 Å². The number of rotatable bonds is 3. The molecule has 24 heavy (non-hydrogen) atoms. The maximum absolute atomic E-state index is 12.6. The van der Waals surface area contributed by atoms with Crippen molar-refractivity contribution in [2.75, 3.05) is 26.2 Å².